The van der Waals surface area contributed by atoms with Gasteiger partial charge in [-0.25, -0.2) is 8.42 Å². The van der Waals surface area contributed by atoms with Crippen LogP contribution in [0.3, 0.4) is 0 Å². The molecule has 2 aliphatic rings. The summed E-state index contributed by atoms with van der Waals surface area (Å²) in [6, 6.07) is 7.12. The molecule has 1 aliphatic carbocycles. The molecule has 0 spiro atoms. The summed E-state index contributed by atoms with van der Waals surface area (Å²) in [5.74, 6) is -0.840. The fourth-order valence-corrected chi connectivity index (χ4v) is 5.97. The van der Waals surface area contributed by atoms with Crippen molar-refractivity contribution in [2.24, 2.45) is 5.92 Å². The van der Waals surface area contributed by atoms with Crippen molar-refractivity contribution in [3.63, 3.8) is 0 Å². The van der Waals surface area contributed by atoms with Crippen molar-refractivity contribution in [3.05, 3.63) is 70.8 Å². The number of halogens is 4. The van der Waals surface area contributed by atoms with E-state index in [2.05, 4.69) is 10.6 Å². The summed E-state index contributed by atoms with van der Waals surface area (Å²) in [5.41, 5.74) is -1.37. The zero-order valence-corrected chi connectivity index (χ0v) is 22.3. The normalized spacial score (nSPS) is 22.3. The van der Waals surface area contributed by atoms with Crippen molar-refractivity contribution in [2.45, 2.75) is 36.4 Å². The van der Waals surface area contributed by atoms with E-state index in [1.807, 2.05) is 0 Å². The quantitative estimate of drug-likeness (QED) is 0.515. The van der Waals surface area contributed by atoms with Crippen molar-refractivity contribution in [1.82, 2.24) is 10.6 Å². The van der Waals surface area contributed by atoms with Crippen LogP contribution in [-0.2, 0) is 25.7 Å². The molecule has 1 fully saturated rings. The maximum absolute atomic E-state index is 13.7. The lowest BCUT2D eigenvalue weighted by molar-refractivity contribution is -0.137. The molecule has 1 unspecified atom stereocenters. The molecule has 2 aromatic carbocycles. The van der Waals surface area contributed by atoms with Crippen molar-refractivity contribution >= 4 is 39.1 Å². The number of hydrogen-bond donors (Lipinski definition) is 2. The predicted molar refractivity (Wildman–Crippen MR) is 139 cm³/mol. The molecule has 210 valence electrons. The third kappa shape index (κ3) is 6.92. The highest BCUT2D eigenvalue weighted by molar-refractivity contribution is 7.92. The third-order valence-electron chi connectivity index (χ3n) is 6.66. The second-order valence-corrected chi connectivity index (χ2v) is 11.6. The SMILES string of the molecule is O=C1COC/C=C/CN(c2cccc(C(F)(F)F)c2)S(=O)(=O)c2ccc(Cl)c(c2)C(=O)NCC(C2CCC2)N1. The van der Waals surface area contributed by atoms with Crippen LogP contribution in [0, 0.1) is 5.92 Å². The minimum atomic E-state index is -4.69. The van der Waals surface area contributed by atoms with E-state index in [0.717, 1.165) is 47.8 Å². The second-order valence-electron chi connectivity index (χ2n) is 9.29. The maximum atomic E-state index is 13.7. The minimum absolute atomic E-state index is 0.00693. The number of hydrogen-bond acceptors (Lipinski definition) is 5. The highest BCUT2D eigenvalue weighted by atomic mass is 35.5. The molecule has 2 N–H and O–H groups in total. The lowest BCUT2D eigenvalue weighted by atomic mass is 9.79. The average molecular weight is 586 g/mol. The molecule has 2 aromatic rings. The van der Waals surface area contributed by atoms with E-state index in [4.69, 9.17) is 16.3 Å². The van der Waals surface area contributed by atoms with Crippen molar-refractivity contribution < 1.29 is 35.9 Å². The van der Waals surface area contributed by atoms with Crippen molar-refractivity contribution in [2.75, 3.05) is 30.6 Å². The number of carbonyl (C=O) groups excluding carboxylic acids is 2. The van der Waals surface area contributed by atoms with E-state index in [-0.39, 0.29) is 65.3 Å². The lowest BCUT2D eigenvalue weighted by Crippen LogP contribution is -2.50. The molecule has 39 heavy (non-hydrogen) atoms. The topological polar surface area (TPSA) is 105 Å². The zero-order valence-electron chi connectivity index (χ0n) is 20.7. The average Bonchev–Trinajstić information content (AvgIpc) is 2.84. The summed E-state index contributed by atoms with van der Waals surface area (Å²) < 4.78 is 73.7. The van der Waals surface area contributed by atoms with Crippen LogP contribution in [0.4, 0.5) is 18.9 Å². The first-order chi connectivity index (χ1) is 18.5. The Balaban J connectivity index is 1.73. The highest BCUT2D eigenvalue weighted by Crippen LogP contribution is 2.34. The number of anilines is 1. The van der Waals surface area contributed by atoms with Gasteiger partial charge in [-0.15, -0.1) is 0 Å². The number of sulfonamides is 1. The molecule has 1 saturated carbocycles. The second kappa shape index (κ2) is 12.0. The number of amides is 2. The Morgan fingerprint density at radius 2 is 1.82 bits per heavy atom. The van der Waals surface area contributed by atoms with Gasteiger partial charge < -0.3 is 15.4 Å². The summed E-state index contributed by atoms with van der Waals surface area (Å²) in [4.78, 5) is 25.1. The number of nitrogens with zero attached hydrogens (tertiary/aromatic N) is 1. The number of rotatable bonds is 2. The molecule has 13 heteroatoms. The van der Waals surface area contributed by atoms with Gasteiger partial charge in [0.2, 0.25) is 5.91 Å². The Labute approximate surface area is 229 Å². The van der Waals surface area contributed by atoms with E-state index in [1.54, 1.807) is 0 Å². The molecule has 0 radical (unpaired) electrons. The van der Waals surface area contributed by atoms with Crippen LogP contribution in [0.25, 0.3) is 0 Å². The Kier molecular flexibility index (Phi) is 8.87. The van der Waals surface area contributed by atoms with E-state index >= 15 is 0 Å². The molecule has 0 aromatic heterocycles. The Bertz CT molecular complexity index is 1360. The van der Waals surface area contributed by atoms with Gasteiger partial charge in [-0.1, -0.05) is 36.2 Å². The molecule has 2 bridgehead atoms. The van der Waals surface area contributed by atoms with Crippen molar-refractivity contribution in [3.8, 4) is 0 Å². The van der Waals surface area contributed by atoms with Gasteiger partial charge in [0.1, 0.15) is 6.61 Å². The largest absolute Gasteiger partial charge is 0.416 e. The van der Waals surface area contributed by atoms with Gasteiger partial charge in [0.15, 0.2) is 0 Å². The summed E-state index contributed by atoms with van der Waals surface area (Å²) in [6.45, 7) is -0.532. The lowest BCUT2D eigenvalue weighted by Gasteiger charge is -2.34. The summed E-state index contributed by atoms with van der Waals surface area (Å²) in [6.07, 6.45) is 0.998. The molecule has 2 amide bonds. The highest BCUT2D eigenvalue weighted by Gasteiger charge is 2.33. The van der Waals surface area contributed by atoms with Crippen LogP contribution in [0.5, 0.6) is 0 Å². The van der Waals surface area contributed by atoms with Crippen molar-refractivity contribution in [1.29, 1.82) is 0 Å². The molecule has 1 atom stereocenters. The van der Waals surface area contributed by atoms with E-state index in [0.29, 0.717) is 0 Å². The van der Waals surface area contributed by atoms with E-state index < -0.39 is 27.7 Å². The number of nitrogens with one attached hydrogen (secondary N) is 2. The molecular formula is C26H27ClF3N3O5S. The van der Waals surface area contributed by atoms with E-state index in [1.165, 1.54) is 30.4 Å². The van der Waals surface area contributed by atoms with E-state index in [9.17, 15) is 31.2 Å². The van der Waals surface area contributed by atoms with Gasteiger partial charge in [-0.2, -0.15) is 13.2 Å². The standard InChI is InChI=1S/C26H27ClF3N3O5S/c27-22-10-9-20-14-21(22)25(35)31-15-23(17-5-3-6-17)32-24(34)16-38-12-2-1-11-33(39(20,36)37)19-8-4-7-18(13-19)26(28,29)30/h1-2,4,7-10,13-14,17,23H,3,5-6,11-12,15-16H2,(H,31,35)(H,32,34)/b2-1+. The third-order valence-corrected chi connectivity index (χ3v) is 8.78. The predicted octanol–water partition coefficient (Wildman–Crippen LogP) is 4.16. The Morgan fingerprint density at radius 1 is 1.05 bits per heavy atom. The Morgan fingerprint density at radius 3 is 2.51 bits per heavy atom. The molecule has 0 saturated heterocycles. The van der Waals surface area contributed by atoms with Crippen LogP contribution < -0.4 is 14.9 Å². The van der Waals surface area contributed by atoms with Crippen LogP contribution >= 0.6 is 11.6 Å². The summed E-state index contributed by atoms with van der Waals surface area (Å²) >= 11 is 6.23. The van der Waals surface area contributed by atoms with Crippen LogP contribution in [0.2, 0.25) is 5.02 Å². The fourth-order valence-electron chi connectivity index (χ4n) is 4.33. The van der Waals surface area contributed by atoms with Crippen LogP contribution in [0.1, 0.15) is 35.2 Å². The molecule has 1 heterocycles. The first kappa shape index (κ1) is 28.9. The minimum Gasteiger partial charge on any atom is -0.368 e. The van der Waals surface area contributed by atoms with Crippen LogP contribution in [-0.4, -0.2) is 52.6 Å². The summed E-state index contributed by atoms with van der Waals surface area (Å²) in [5, 5.41) is 5.59. The van der Waals surface area contributed by atoms with Crippen LogP contribution in [0.15, 0.2) is 59.5 Å². The monoisotopic (exact) mass is 585 g/mol. The fraction of sp³-hybridized carbons (Fsp3) is 0.385. The number of fused-ring (bicyclic) bond motifs is 2. The van der Waals surface area contributed by atoms with Gasteiger partial charge in [0, 0.05) is 12.6 Å². The first-order valence-corrected chi connectivity index (χ1v) is 14.1. The van der Waals surface area contributed by atoms with Gasteiger partial charge in [0.05, 0.1) is 39.9 Å². The smallest absolute Gasteiger partial charge is 0.368 e. The molecule has 8 nitrogen and oxygen atoms in total. The molecule has 4 rings (SSSR count). The molecular weight excluding hydrogens is 559 g/mol. The number of alkyl halides is 3. The number of carbonyl (C=O) groups is 2. The maximum Gasteiger partial charge on any atom is 0.416 e. The molecule has 1 aliphatic heterocycles. The Hall–Kier alpha value is -3.09. The van der Waals surface area contributed by atoms with Gasteiger partial charge in [-0.3, -0.25) is 13.9 Å². The van der Waals surface area contributed by atoms with Gasteiger partial charge in [-0.05, 0) is 55.2 Å². The zero-order chi connectivity index (χ0) is 28.2. The summed E-state index contributed by atoms with van der Waals surface area (Å²) in [7, 11) is -4.45. The number of benzene rings is 2. The van der Waals surface area contributed by atoms with Gasteiger partial charge >= 0.3 is 6.18 Å². The van der Waals surface area contributed by atoms with Gasteiger partial charge in [0.25, 0.3) is 15.9 Å². The first-order valence-electron chi connectivity index (χ1n) is 12.3. The number of ether oxygens (including phenoxy) is 1.